The summed E-state index contributed by atoms with van der Waals surface area (Å²) in [6.07, 6.45) is 5.53. The van der Waals surface area contributed by atoms with Crippen LogP contribution in [0, 0.1) is 0 Å². The van der Waals surface area contributed by atoms with Crippen LogP contribution in [-0.2, 0) is 6.42 Å². The van der Waals surface area contributed by atoms with Gasteiger partial charge in [0, 0.05) is 25.6 Å². The number of anilines is 1. The number of hydrogen-bond acceptors (Lipinski definition) is 4. The quantitative estimate of drug-likeness (QED) is 0.808. The summed E-state index contributed by atoms with van der Waals surface area (Å²) in [4.78, 5) is 21.0. The number of hydrogen-bond donors (Lipinski definition) is 2. The van der Waals surface area contributed by atoms with Crippen LogP contribution in [0.2, 0.25) is 0 Å². The lowest BCUT2D eigenvalue weighted by Crippen LogP contribution is -2.28. The highest BCUT2D eigenvalue weighted by Gasteiger charge is 2.12. The van der Waals surface area contributed by atoms with E-state index in [4.69, 9.17) is 5.73 Å². The smallest absolute Gasteiger partial charge is 0.252 e. The van der Waals surface area contributed by atoms with E-state index in [9.17, 15) is 4.79 Å². The van der Waals surface area contributed by atoms with Crippen molar-refractivity contribution < 1.29 is 0 Å². The van der Waals surface area contributed by atoms with E-state index in [1.807, 2.05) is 0 Å². The van der Waals surface area contributed by atoms with Gasteiger partial charge in [0.2, 0.25) is 5.95 Å². The molecule has 2 heterocycles. The Bertz CT molecular complexity index is 407. The minimum absolute atomic E-state index is 0.0808. The SMILES string of the molecule is NCCc1cc(=O)[nH]c(N2CCCCCC2)n1. The Hall–Kier alpha value is -1.36. The molecule has 0 unspecified atom stereocenters. The van der Waals surface area contributed by atoms with E-state index in [1.165, 1.54) is 31.7 Å². The van der Waals surface area contributed by atoms with Crippen LogP contribution in [0.3, 0.4) is 0 Å². The zero-order valence-corrected chi connectivity index (χ0v) is 10.1. The molecule has 2 rings (SSSR count). The molecule has 0 spiro atoms. The number of nitrogens with zero attached hydrogens (tertiary/aromatic N) is 2. The van der Waals surface area contributed by atoms with Crippen molar-refractivity contribution in [2.45, 2.75) is 32.1 Å². The normalized spacial score (nSPS) is 16.9. The third kappa shape index (κ3) is 3.30. The van der Waals surface area contributed by atoms with E-state index in [2.05, 4.69) is 14.9 Å². The average Bonchev–Trinajstić information content (AvgIpc) is 2.57. The molecule has 0 atom stereocenters. The number of nitrogens with two attached hydrogens (primary N) is 1. The molecule has 94 valence electrons. The Morgan fingerprint density at radius 1 is 1.29 bits per heavy atom. The zero-order valence-electron chi connectivity index (χ0n) is 10.1. The minimum Gasteiger partial charge on any atom is -0.342 e. The predicted molar refractivity (Wildman–Crippen MR) is 68.3 cm³/mol. The fourth-order valence-electron chi connectivity index (χ4n) is 2.20. The molecule has 3 N–H and O–H groups in total. The van der Waals surface area contributed by atoms with Crippen molar-refractivity contribution in [3.63, 3.8) is 0 Å². The Morgan fingerprint density at radius 3 is 2.65 bits per heavy atom. The van der Waals surface area contributed by atoms with Crippen molar-refractivity contribution in [2.75, 3.05) is 24.5 Å². The molecule has 1 saturated heterocycles. The molecule has 0 saturated carbocycles. The van der Waals surface area contributed by atoms with Crippen LogP contribution >= 0.6 is 0 Å². The van der Waals surface area contributed by atoms with Crippen molar-refractivity contribution >= 4 is 5.95 Å². The summed E-state index contributed by atoms with van der Waals surface area (Å²) in [7, 11) is 0. The number of rotatable bonds is 3. The summed E-state index contributed by atoms with van der Waals surface area (Å²) < 4.78 is 0. The summed E-state index contributed by atoms with van der Waals surface area (Å²) >= 11 is 0. The van der Waals surface area contributed by atoms with Crippen molar-refractivity contribution in [2.24, 2.45) is 5.73 Å². The number of aromatic amines is 1. The Morgan fingerprint density at radius 2 is 2.00 bits per heavy atom. The summed E-state index contributed by atoms with van der Waals surface area (Å²) in [6, 6.07) is 1.54. The van der Waals surface area contributed by atoms with E-state index in [1.54, 1.807) is 0 Å². The second-order valence-corrected chi connectivity index (χ2v) is 4.50. The van der Waals surface area contributed by atoms with Gasteiger partial charge in [-0.05, 0) is 19.4 Å². The molecule has 0 aromatic carbocycles. The maximum atomic E-state index is 11.6. The molecule has 1 aromatic heterocycles. The van der Waals surface area contributed by atoms with Crippen molar-refractivity contribution in [3.05, 3.63) is 22.1 Å². The predicted octanol–water partition coefficient (Wildman–Crippen LogP) is 0.651. The molecule has 0 aliphatic carbocycles. The second-order valence-electron chi connectivity index (χ2n) is 4.50. The topological polar surface area (TPSA) is 75.0 Å². The van der Waals surface area contributed by atoms with Crippen LogP contribution in [0.15, 0.2) is 10.9 Å². The van der Waals surface area contributed by atoms with Gasteiger partial charge in [-0.2, -0.15) is 0 Å². The van der Waals surface area contributed by atoms with Gasteiger partial charge in [0.15, 0.2) is 0 Å². The summed E-state index contributed by atoms with van der Waals surface area (Å²) in [5.74, 6) is 0.711. The van der Waals surface area contributed by atoms with Crippen molar-refractivity contribution in [1.82, 2.24) is 9.97 Å². The highest BCUT2D eigenvalue weighted by Crippen LogP contribution is 2.14. The lowest BCUT2D eigenvalue weighted by molar-refractivity contribution is 0.726. The lowest BCUT2D eigenvalue weighted by Gasteiger charge is -2.20. The van der Waals surface area contributed by atoms with E-state index in [-0.39, 0.29) is 5.56 Å². The Kier molecular flexibility index (Phi) is 4.14. The molecule has 0 radical (unpaired) electrons. The first kappa shape index (κ1) is 12.1. The molecular formula is C12H20N4O. The fourth-order valence-corrected chi connectivity index (χ4v) is 2.20. The first-order valence-electron chi connectivity index (χ1n) is 6.35. The standard InChI is InChI=1S/C12H20N4O/c13-6-5-10-9-11(17)15-12(14-10)16-7-3-1-2-4-8-16/h9H,1-8,13H2,(H,14,15,17). The highest BCUT2D eigenvalue weighted by atomic mass is 16.1. The van der Waals surface area contributed by atoms with Gasteiger partial charge in [0.25, 0.3) is 5.56 Å². The molecule has 1 aromatic rings. The maximum Gasteiger partial charge on any atom is 0.252 e. The monoisotopic (exact) mass is 236 g/mol. The van der Waals surface area contributed by atoms with Crippen LogP contribution < -0.4 is 16.2 Å². The van der Waals surface area contributed by atoms with Gasteiger partial charge >= 0.3 is 0 Å². The van der Waals surface area contributed by atoms with E-state index >= 15 is 0 Å². The van der Waals surface area contributed by atoms with Gasteiger partial charge in [0.1, 0.15) is 0 Å². The molecule has 0 bridgehead atoms. The number of H-pyrrole nitrogens is 1. The Labute approximate surface area is 101 Å². The first-order valence-corrected chi connectivity index (χ1v) is 6.35. The molecule has 5 heteroatoms. The summed E-state index contributed by atoms with van der Waals surface area (Å²) in [5, 5.41) is 0. The largest absolute Gasteiger partial charge is 0.342 e. The zero-order chi connectivity index (χ0) is 12.1. The highest BCUT2D eigenvalue weighted by molar-refractivity contribution is 5.30. The fraction of sp³-hybridized carbons (Fsp3) is 0.667. The number of nitrogens with one attached hydrogen (secondary N) is 1. The van der Waals surface area contributed by atoms with Crippen LogP contribution in [0.4, 0.5) is 5.95 Å². The molecule has 1 fully saturated rings. The maximum absolute atomic E-state index is 11.6. The molecule has 5 nitrogen and oxygen atoms in total. The lowest BCUT2D eigenvalue weighted by atomic mass is 10.2. The van der Waals surface area contributed by atoms with Gasteiger partial charge < -0.3 is 10.6 Å². The Balaban J connectivity index is 2.20. The van der Waals surface area contributed by atoms with Gasteiger partial charge in [-0.1, -0.05) is 12.8 Å². The molecular weight excluding hydrogens is 216 g/mol. The minimum atomic E-state index is -0.0808. The van der Waals surface area contributed by atoms with Crippen LogP contribution in [0.1, 0.15) is 31.4 Å². The third-order valence-electron chi connectivity index (χ3n) is 3.09. The summed E-state index contributed by atoms with van der Waals surface area (Å²) in [5.41, 5.74) is 6.20. The second kappa shape index (κ2) is 5.82. The van der Waals surface area contributed by atoms with Gasteiger partial charge in [-0.3, -0.25) is 9.78 Å². The van der Waals surface area contributed by atoms with Crippen molar-refractivity contribution in [1.29, 1.82) is 0 Å². The number of aromatic nitrogens is 2. The molecule has 17 heavy (non-hydrogen) atoms. The van der Waals surface area contributed by atoms with Gasteiger partial charge in [-0.15, -0.1) is 0 Å². The molecule has 0 amide bonds. The first-order chi connectivity index (χ1) is 8.29. The van der Waals surface area contributed by atoms with Gasteiger partial charge in [0.05, 0.1) is 5.69 Å². The van der Waals surface area contributed by atoms with Crippen LogP contribution in [-0.4, -0.2) is 29.6 Å². The van der Waals surface area contributed by atoms with Crippen molar-refractivity contribution in [3.8, 4) is 0 Å². The van der Waals surface area contributed by atoms with Crippen LogP contribution in [0.25, 0.3) is 0 Å². The third-order valence-corrected chi connectivity index (χ3v) is 3.09. The average molecular weight is 236 g/mol. The molecule has 1 aliphatic rings. The summed E-state index contributed by atoms with van der Waals surface area (Å²) in [6.45, 7) is 2.49. The van der Waals surface area contributed by atoms with Gasteiger partial charge in [-0.25, -0.2) is 4.98 Å². The van der Waals surface area contributed by atoms with E-state index < -0.39 is 0 Å². The van der Waals surface area contributed by atoms with E-state index in [0.717, 1.165) is 18.8 Å². The van der Waals surface area contributed by atoms with Crippen LogP contribution in [0.5, 0.6) is 0 Å². The molecule has 1 aliphatic heterocycles. The van der Waals surface area contributed by atoms with E-state index in [0.29, 0.717) is 18.9 Å².